The highest BCUT2D eigenvalue weighted by Crippen LogP contribution is 2.06. The third-order valence-electron chi connectivity index (χ3n) is 2.62. The number of hydrogen-bond donors (Lipinski definition) is 1. The van der Waals surface area contributed by atoms with Crippen LogP contribution in [-0.4, -0.2) is 17.9 Å². The molecule has 0 aliphatic heterocycles. The van der Waals surface area contributed by atoms with E-state index in [4.69, 9.17) is 5.84 Å². The SMILES string of the molecule is CN(N)C(=NCc1ccccc1)c1ccccc1. The highest BCUT2D eigenvalue weighted by molar-refractivity contribution is 5.98. The molecular weight excluding hydrogens is 222 g/mol. The molecule has 0 aliphatic rings. The van der Waals surface area contributed by atoms with Crippen molar-refractivity contribution in [2.24, 2.45) is 10.8 Å². The van der Waals surface area contributed by atoms with Crippen LogP contribution in [0.5, 0.6) is 0 Å². The average molecular weight is 239 g/mol. The third kappa shape index (κ3) is 3.18. The van der Waals surface area contributed by atoms with Gasteiger partial charge >= 0.3 is 0 Å². The highest BCUT2D eigenvalue weighted by atomic mass is 15.4. The lowest BCUT2D eigenvalue weighted by Crippen LogP contribution is -2.34. The summed E-state index contributed by atoms with van der Waals surface area (Å²) in [4.78, 5) is 4.58. The molecule has 0 atom stereocenters. The topological polar surface area (TPSA) is 41.6 Å². The summed E-state index contributed by atoms with van der Waals surface area (Å²) in [6.07, 6.45) is 0. The Labute approximate surface area is 108 Å². The molecule has 0 heterocycles. The number of nitrogens with two attached hydrogens (primary N) is 1. The van der Waals surface area contributed by atoms with Crippen LogP contribution in [0.1, 0.15) is 11.1 Å². The van der Waals surface area contributed by atoms with Crippen LogP contribution in [0, 0.1) is 0 Å². The van der Waals surface area contributed by atoms with E-state index in [0.29, 0.717) is 6.54 Å². The van der Waals surface area contributed by atoms with Gasteiger partial charge in [-0.05, 0) is 5.56 Å². The van der Waals surface area contributed by atoms with Gasteiger partial charge in [0.15, 0.2) is 0 Å². The molecule has 0 aromatic heterocycles. The highest BCUT2D eigenvalue weighted by Gasteiger charge is 2.05. The summed E-state index contributed by atoms with van der Waals surface area (Å²) in [6, 6.07) is 20.1. The first-order valence-corrected chi connectivity index (χ1v) is 5.89. The molecule has 0 spiro atoms. The largest absolute Gasteiger partial charge is 0.298 e. The monoisotopic (exact) mass is 239 g/mol. The Kier molecular flexibility index (Phi) is 4.10. The van der Waals surface area contributed by atoms with Crippen molar-refractivity contribution in [1.29, 1.82) is 0 Å². The summed E-state index contributed by atoms with van der Waals surface area (Å²) >= 11 is 0. The molecule has 18 heavy (non-hydrogen) atoms. The van der Waals surface area contributed by atoms with Gasteiger partial charge < -0.3 is 0 Å². The number of hydrogen-bond acceptors (Lipinski definition) is 2. The molecule has 0 unspecified atom stereocenters. The minimum Gasteiger partial charge on any atom is -0.298 e. The predicted molar refractivity (Wildman–Crippen MR) is 75.1 cm³/mol. The van der Waals surface area contributed by atoms with E-state index < -0.39 is 0 Å². The van der Waals surface area contributed by atoms with Crippen molar-refractivity contribution in [1.82, 2.24) is 5.01 Å². The number of benzene rings is 2. The minimum atomic E-state index is 0.632. The van der Waals surface area contributed by atoms with E-state index in [-0.39, 0.29) is 0 Å². The summed E-state index contributed by atoms with van der Waals surface area (Å²) in [7, 11) is 1.80. The van der Waals surface area contributed by atoms with Gasteiger partial charge in [-0.1, -0.05) is 60.7 Å². The molecule has 2 N–H and O–H groups in total. The van der Waals surface area contributed by atoms with Crippen LogP contribution in [0.25, 0.3) is 0 Å². The standard InChI is InChI=1S/C15H17N3/c1-18(16)15(14-10-6-3-7-11-14)17-12-13-8-4-2-5-9-13/h2-11H,12,16H2,1H3. The first-order chi connectivity index (χ1) is 8.77. The van der Waals surface area contributed by atoms with Crippen molar-refractivity contribution in [2.45, 2.75) is 6.54 Å². The molecule has 2 aromatic carbocycles. The molecular formula is C15H17N3. The smallest absolute Gasteiger partial charge is 0.145 e. The summed E-state index contributed by atoms with van der Waals surface area (Å²) in [5.74, 6) is 6.63. The molecule has 0 saturated heterocycles. The summed E-state index contributed by atoms with van der Waals surface area (Å²) < 4.78 is 0. The maximum Gasteiger partial charge on any atom is 0.145 e. The fourth-order valence-corrected chi connectivity index (χ4v) is 1.74. The van der Waals surface area contributed by atoms with Crippen LogP contribution < -0.4 is 5.84 Å². The molecule has 92 valence electrons. The zero-order valence-electron chi connectivity index (χ0n) is 10.5. The van der Waals surface area contributed by atoms with Crippen LogP contribution in [-0.2, 0) is 6.54 Å². The van der Waals surface area contributed by atoms with Gasteiger partial charge in [-0.25, -0.2) is 5.84 Å². The van der Waals surface area contributed by atoms with Gasteiger partial charge in [-0.3, -0.25) is 10.0 Å². The van der Waals surface area contributed by atoms with Gasteiger partial charge in [0.05, 0.1) is 6.54 Å². The molecule has 0 bridgehead atoms. The number of rotatable bonds is 3. The van der Waals surface area contributed by atoms with Crippen molar-refractivity contribution in [3.8, 4) is 0 Å². The van der Waals surface area contributed by atoms with Gasteiger partial charge in [-0.15, -0.1) is 0 Å². The average Bonchev–Trinajstić information content (AvgIpc) is 2.41. The maximum absolute atomic E-state index is 5.84. The van der Waals surface area contributed by atoms with Crippen LogP contribution in [0.4, 0.5) is 0 Å². The van der Waals surface area contributed by atoms with E-state index in [2.05, 4.69) is 17.1 Å². The van der Waals surface area contributed by atoms with E-state index in [1.54, 1.807) is 12.1 Å². The number of nitrogens with zero attached hydrogens (tertiary/aromatic N) is 2. The fraction of sp³-hybridized carbons (Fsp3) is 0.133. The van der Waals surface area contributed by atoms with Gasteiger partial charge in [0.2, 0.25) is 0 Å². The second-order valence-corrected chi connectivity index (χ2v) is 4.10. The van der Waals surface area contributed by atoms with Crippen molar-refractivity contribution < 1.29 is 0 Å². The first-order valence-electron chi connectivity index (χ1n) is 5.89. The lowest BCUT2D eigenvalue weighted by molar-refractivity contribution is 0.536. The lowest BCUT2D eigenvalue weighted by Gasteiger charge is -2.15. The molecule has 3 nitrogen and oxygen atoms in total. The van der Waals surface area contributed by atoms with Crippen LogP contribution >= 0.6 is 0 Å². The molecule has 2 rings (SSSR count). The summed E-state index contributed by atoms with van der Waals surface area (Å²) in [5, 5.41) is 1.55. The zero-order valence-corrected chi connectivity index (χ0v) is 10.5. The lowest BCUT2D eigenvalue weighted by atomic mass is 10.2. The molecule has 3 heteroatoms. The van der Waals surface area contributed by atoms with E-state index >= 15 is 0 Å². The van der Waals surface area contributed by atoms with Gasteiger partial charge in [0.1, 0.15) is 5.84 Å². The Bertz CT molecular complexity index is 504. The Morgan fingerprint density at radius 3 is 2.11 bits per heavy atom. The Balaban J connectivity index is 2.21. The molecule has 0 radical (unpaired) electrons. The van der Waals surface area contributed by atoms with Crippen molar-refractivity contribution in [3.63, 3.8) is 0 Å². The fourth-order valence-electron chi connectivity index (χ4n) is 1.74. The Morgan fingerprint density at radius 1 is 1.00 bits per heavy atom. The summed E-state index contributed by atoms with van der Waals surface area (Å²) in [5.41, 5.74) is 2.20. The normalized spacial score (nSPS) is 11.3. The maximum atomic E-state index is 5.84. The van der Waals surface area contributed by atoms with Crippen molar-refractivity contribution in [2.75, 3.05) is 7.05 Å². The van der Waals surface area contributed by atoms with Gasteiger partial charge in [0, 0.05) is 12.6 Å². The van der Waals surface area contributed by atoms with Gasteiger partial charge in [-0.2, -0.15) is 0 Å². The number of amidine groups is 1. The van der Waals surface area contributed by atoms with Crippen molar-refractivity contribution in [3.05, 3.63) is 71.8 Å². The summed E-state index contributed by atoms with van der Waals surface area (Å²) in [6.45, 7) is 0.632. The van der Waals surface area contributed by atoms with E-state index in [1.807, 2.05) is 48.5 Å². The first kappa shape index (κ1) is 12.3. The number of aliphatic imine (C=N–C) groups is 1. The second-order valence-electron chi connectivity index (χ2n) is 4.10. The van der Waals surface area contributed by atoms with E-state index in [0.717, 1.165) is 11.4 Å². The number of hydrazine groups is 1. The van der Waals surface area contributed by atoms with Crippen LogP contribution in [0.15, 0.2) is 65.7 Å². The quantitative estimate of drug-likeness (QED) is 0.387. The Hall–Kier alpha value is -2.13. The van der Waals surface area contributed by atoms with Crippen LogP contribution in [0.2, 0.25) is 0 Å². The van der Waals surface area contributed by atoms with Crippen molar-refractivity contribution >= 4 is 5.84 Å². The molecule has 0 saturated carbocycles. The molecule has 0 fully saturated rings. The molecule has 0 amide bonds. The minimum absolute atomic E-state index is 0.632. The third-order valence-corrected chi connectivity index (χ3v) is 2.62. The Morgan fingerprint density at radius 2 is 1.56 bits per heavy atom. The predicted octanol–water partition coefficient (Wildman–Crippen LogP) is 2.44. The van der Waals surface area contributed by atoms with E-state index in [9.17, 15) is 0 Å². The second kappa shape index (κ2) is 5.98. The molecule has 2 aromatic rings. The van der Waals surface area contributed by atoms with Gasteiger partial charge in [0.25, 0.3) is 0 Å². The van der Waals surface area contributed by atoms with Crippen LogP contribution in [0.3, 0.4) is 0 Å². The molecule has 0 aliphatic carbocycles. The van der Waals surface area contributed by atoms with E-state index in [1.165, 1.54) is 5.56 Å². The zero-order chi connectivity index (χ0) is 12.8.